The number of aliphatic hydroxyl groups excluding tert-OH is 1. The van der Waals surface area contributed by atoms with E-state index in [2.05, 4.69) is 4.72 Å². The first-order valence-electron chi connectivity index (χ1n) is 5.14. The highest BCUT2D eigenvalue weighted by molar-refractivity contribution is 7.89. The molecule has 6 nitrogen and oxygen atoms in total. The second-order valence-electron chi connectivity index (χ2n) is 4.12. The van der Waals surface area contributed by atoms with Crippen LogP contribution in [0.4, 0.5) is 0 Å². The Morgan fingerprint density at radius 2 is 2.17 bits per heavy atom. The van der Waals surface area contributed by atoms with E-state index >= 15 is 0 Å². The lowest BCUT2D eigenvalue weighted by Gasteiger charge is -2.20. The maximum Gasteiger partial charge on any atom is 0.240 e. The van der Waals surface area contributed by atoms with Gasteiger partial charge in [0.1, 0.15) is 0 Å². The Morgan fingerprint density at radius 1 is 1.50 bits per heavy atom. The molecule has 1 unspecified atom stereocenters. The number of rotatable bonds is 5. The molecular formula is C11H14N2O4S. The number of hydrogen-bond donors (Lipinski definition) is 3. The normalized spacial score (nSPS) is 14.8. The molecular weight excluding hydrogens is 256 g/mol. The monoisotopic (exact) mass is 270 g/mol. The molecule has 0 spiro atoms. The van der Waals surface area contributed by atoms with E-state index in [4.69, 9.17) is 10.4 Å². The van der Waals surface area contributed by atoms with Crippen LogP contribution in [0, 0.1) is 11.3 Å². The quantitative estimate of drug-likeness (QED) is 0.673. The van der Waals surface area contributed by atoms with Crippen LogP contribution in [0.1, 0.15) is 12.5 Å². The Labute approximate surface area is 106 Å². The van der Waals surface area contributed by atoms with Gasteiger partial charge in [0.25, 0.3) is 0 Å². The van der Waals surface area contributed by atoms with E-state index in [1.165, 1.54) is 31.2 Å². The number of hydrogen-bond acceptors (Lipinski definition) is 5. The van der Waals surface area contributed by atoms with Crippen molar-refractivity contribution >= 4 is 10.0 Å². The first-order chi connectivity index (χ1) is 8.30. The van der Waals surface area contributed by atoms with Crippen molar-refractivity contribution in [2.45, 2.75) is 17.4 Å². The van der Waals surface area contributed by atoms with E-state index in [9.17, 15) is 13.5 Å². The number of nitrogens with zero attached hydrogens (tertiary/aromatic N) is 1. The van der Waals surface area contributed by atoms with Crippen LogP contribution in [0.2, 0.25) is 0 Å². The Hall–Kier alpha value is -1.46. The van der Waals surface area contributed by atoms with Crippen LogP contribution in [0.3, 0.4) is 0 Å². The molecule has 0 amide bonds. The highest BCUT2D eigenvalue weighted by Crippen LogP contribution is 2.11. The van der Waals surface area contributed by atoms with Crippen molar-refractivity contribution in [1.82, 2.24) is 4.72 Å². The summed E-state index contributed by atoms with van der Waals surface area (Å²) in [7, 11) is -3.81. The van der Waals surface area contributed by atoms with Crippen molar-refractivity contribution in [2.24, 2.45) is 0 Å². The minimum absolute atomic E-state index is 0.0599. The largest absolute Gasteiger partial charge is 0.393 e. The van der Waals surface area contributed by atoms with E-state index in [1.54, 1.807) is 0 Å². The molecule has 7 heteroatoms. The molecule has 98 valence electrons. The number of nitrogens with one attached hydrogen (secondary N) is 1. The van der Waals surface area contributed by atoms with Crippen LogP contribution in [0.15, 0.2) is 29.2 Å². The van der Waals surface area contributed by atoms with Gasteiger partial charge in [-0.05, 0) is 25.1 Å². The van der Waals surface area contributed by atoms with E-state index in [0.29, 0.717) is 0 Å². The predicted molar refractivity (Wildman–Crippen MR) is 64.1 cm³/mol. The van der Waals surface area contributed by atoms with Crippen molar-refractivity contribution in [3.05, 3.63) is 29.8 Å². The standard InChI is InChI=1S/C11H14N2O4S/c1-11(15,8-14)7-13-18(16,17)10-4-2-3-9(5-10)6-12/h2-5,13-15H,7-8H2,1H3. The second kappa shape index (κ2) is 5.46. The van der Waals surface area contributed by atoms with Crippen LogP contribution >= 0.6 is 0 Å². The maximum atomic E-state index is 11.8. The Kier molecular flexibility index (Phi) is 4.43. The molecule has 0 radical (unpaired) electrons. The fourth-order valence-corrected chi connectivity index (χ4v) is 2.33. The molecule has 3 N–H and O–H groups in total. The SMILES string of the molecule is CC(O)(CO)CNS(=O)(=O)c1cccc(C#N)c1. The molecule has 1 aromatic rings. The molecule has 1 atom stereocenters. The van der Waals surface area contributed by atoms with Gasteiger partial charge in [-0.3, -0.25) is 0 Å². The number of sulfonamides is 1. The fraction of sp³-hybridized carbons (Fsp3) is 0.364. The van der Waals surface area contributed by atoms with Crippen molar-refractivity contribution in [2.75, 3.05) is 13.2 Å². The van der Waals surface area contributed by atoms with Crippen LogP contribution < -0.4 is 4.72 Å². The summed E-state index contributed by atoms with van der Waals surface area (Å²) < 4.78 is 25.9. The molecule has 0 saturated heterocycles. The molecule has 1 rings (SSSR count). The van der Waals surface area contributed by atoms with Gasteiger partial charge in [-0.15, -0.1) is 0 Å². The summed E-state index contributed by atoms with van der Waals surface area (Å²) in [6.45, 7) is 0.428. The number of benzene rings is 1. The minimum Gasteiger partial charge on any atom is -0.393 e. The molecule has 0 fully saturated rings. The highest BCUT2D eigenvalue weighted by atomic mass is 32.2. The van der Waals surface area contributed by atoms with Crippen molar-refractivity contribution in [3.63, 3.8) is 0 Å². The van der Waals surface area contributed by atoms with Crippen molar-refractivity contribution in [1.29, 1.82) is 5.26 Å². The summed E-state index contributed by atoms with van der Waals surface area (Å²) in [6.07, 6.45) is 0. The minimum atomic E-state index is -3.81. The molecule has 0 aliphatic carbocycles. The van der Waals surface area contributed by atoms with E-state index in [0.717, 1.165) is 0 Å². The van der Waals surface area contributed by atoms with Gasteiger partial charge in [0.15, 0.2) is 0 Å². The smallest absolute Gasteiger partial charge is 0.240 e. The number of nitriles is 1. The molecule has 18 heavy (non-hydrogen) atoms. The summed E-state index contributed by atoms with van der Waals surface area (Å²) >= 11 is 0. The van der Waals surface area contributed by atoms with Gasteiger partial charge in [0, 0.05) is 6.54 Å². The lowest BCUT2D eigenvalue weighted by molar-refractivity contribution is 0.00681. The van der Waals surface area contributed by atoms with Gasteiger partial charge in [-0.1, -0.05) is 6.07 Å². The maximum absolute atomic E-state index is 11.8. The summed E-state index contributed by atoms with van der Waals surface area (Å²) in [4.78, 5) is -0.0599. The zero-order chi connectivity index (χ0) is 13.8. The lowest BCUT2D eigenvalue weighted by atomic mass is 10.1. The molecule has 0 saturated carbocycles. The van der Waals surface area contributed by atoms with Crippen LogP contribution in [0.5, 0.6) is 0 Å². The van der Waals surface area contributed by atoms with Gasteiger partial charge in [0.05, 0.1) is 28.7 Å². The Morgan fingerprint density at radius 3 is 2.72 bits per heavy atom. The first-order valence-corrected chi connectivity index (χ1v) is 6.62. The van der Waals surface area contributed by atoms with Crippen molar-refractivity contribution in [3.8, 4) is 6.07 Å². The average molecular weight is 270 g/mol. The zero-order valence-electron chi connectivity index (χ0n) is 9.79. The third-order valence-electron chi connectivity index (χ3n) is 2.26. The van der Waals surface area contributed by atoms with Gasteiger partial charge < -0.3 is 10.2 Å². The van der Waals surface area contributed by atoms with Crippen LogP contribution in [-0.4, -0.2) is 37.4 Å². The van der Waals surface area contributed by atoms with Gasteiger partial charge in [0.2, 0.25) is 10.0 Å². The average Bonchev–Trinajstić information content (AvgIpc) is 2.37. The second-order valence-corrected chi connectivity index (χ2v) is 5.89. The van der Waals surface area contributed by atoms with E-state index < -0.39 is 22.2 Å². The Bertz CT molecular complexity index is 561. The third-order valence-corrected chi connectivity index (χ3v) is 3.66. The topological polar surface area (TPSA) is 110 Å². The van der Waals surface area contributed by atoms with Crippen LogP contribution in [0.25, 0.3) is 0 Å². The van der Waals surface area contributed by atoms with Gasteiger partial charge in [-0.2, -0.15) is 5.26 Å². The van der Waals surface area contributed by atoms with Gasteiger partial charge in [-0.25, -0.2) is 13.1 Å². The van der Waals surface area contributed by atoms with Crippen LogP contribution in [-0.2, 0) is 10.0 Å². The third kappa shape index (κ3) is 3.78. The lowest BCUT2D eigenvalue weighted by Crippen LogP contribution is -2.43. The van der Waals surface area contributed by atoms with E-state index in [-0.39, 0.29) is 17.0 Å². The molecule has 1 aromatic carbocycles. The Balaban J connectivity index is 2.91. The number of aliphatic hydroxyl groups is 2. The molecule has 0 aromatic heterocycles. The summed E-state index contributed by atoms with van der Waals surface area (Å²) in [5.74, 6) is 0. The summed E-state index contributed by atoms with van der Waals surface area (Å²) in [5, 5.41) is 27.0. The highest BCUT2D eigenvalue weighted by Gasteiger charge is 2.23. The predicted octanol–water partition coefficient (Wildman–Crippen LogP) is -0.420. The summed E-state index contributed by atoms with van der Waals surface area (Å²) in [6, 6.07) is 7.36. The molecule has 0 bridgehead atoms. The van der Waals surface area contributed by atoms with E-state index in [1.807, 2.05) is 6.07 Å². The fourth-order valence-electron chi connectivity index (χ4n) is 1.12. The van der Waals surface area contributed by atoms with Crippen molar-refractivity contribution < 1.29 is 18.6 Å². The first kappa shape index (κ1) is 14.6. The summed E-state index contributed by atoms with van der Waals surface area (Å²) in [5.41, 5.74) is -1.30. The van der Waals surface area contributed by atoms with Gasteiger partial charge >= 0.3 is 0 Å². The zero-order valence-corrected chi connectivity index (χ0v) is 10.6. The molecule has 0 heterocycles. The molecule has 0 aliphatic rings. The molecule has 0 aliphatic heterocycles.